The Morgan fingerprint density at radius 1 is 0.838 bits per heavy atom. The summed E-state index contributed by atoms with van der Waals surface area (Å²) < 4.78 is 14.0. The van der Waals surface area contributed by atoms with E-state index in [2.05, 4.69) is 93.8 Å². The molecule has 2 aromatic carbocycles. The molecule has 37 heavy (non-hydrogen) atoms. The average molecular weight is 595 g/mol. The van der Waals surface area contributed by atoms with Gasteiger partial charge in [0, 0.05) is 0 Å². The van der Waals surface area contributed by atoms with Gasteiger partial charge in [0.1, 0.15) is 5.67 Å². The third-order valence-electron chi connectivity index (χ3n) is 8.11. The summed E-state index contributed by atoms with van der Waals surface area (Å²) in [5.41, 5.74) is 13.6. The van der Waals surface area contributed by atoms with Crippen LogP contribution in [0.25, 0.3) is 16.9 Å². The van der Waals surface area contributed by atoms with E-state index in [9.17, 15) is 4.39 Å². The van der Waals surface area contributed by atoms with Gasteiger partial charge in [0.15, 0.2) is 0 Å². The molecule has 197 valence electrons. The van der Waals surface area contributed by atoms with Crippen LogP contribution < -0.4 is 0 Å². The Balaban J connectivity index is 0.000000185. The normalized spacial score (nSPS) is 30.5. The summed E-state index contributed by atoms with van der Waals surface area (Å²) in [6, 6.07) is 20.8. The fraction of sp³-hybridized carbons (Fsp3) is 0.515. The molecule has 5 aliphatic carbocycles. The minimum Gasteiger partial charge on any atom is -0.672 e. The molecule has 0 amide bonds. The van der Waals surface area contributed by atoms with Crippen LogP contribution >= 0.6 is 0 Å². The third kappa shape index (κ3) is 9.06. The van der Waals surface area contributed by atoms with Gasteiger partial charge in [-0.3, -0.25) is 6.08 Å². The molecule has 0 aromatic heterocycles. The van der Waals surface area contributed by atoms with Crippen LogP contribution in [-0.2, 0) is 21.7 Å². The molecule has 4 saturated carbocycles. The number of benzene rings is 2. The second kappa shape index (κ2) is 14.5. The zero-order valence-electron chi connectivity index (χ0n) is 23.7. The Morgan fingerprint density at radius 3 is 1.54 bits per heavy atom. The Hall–Kier alpha value is -0.933. The van der Waals surface area contributed by atoms with Gasteiger partial charge in [-0.1, -0.05) is 100 Å². The van der Waals surface area contributed by atoms with Crippen LogP contribution in [0.5, 0.6) is 0 Å². The molecule has 3 atom stereocenters. The standard InChI is InChI=1S/C12H10.C10H15FN.C9H13.C2H7Ge.Ti/c1-3-7-11(8-4-1)12-9-5-2-6-10-12;11-9-2-7-1-8(3-9)5-10(12,4-7)6-9;1-6-5-7(2)9(4)8(6)3;1-3-2;/h1-10H;7-8,12H,1-6H2;6H,1-4H3;3H,1-2H3;/q;2*-1;;+2. The number of rotatable bonds is 1. The number of halogens is 1. The monoisotopic (exact) mass is 596 g/mol. The molecule has 0 saturated heterocycles. The number of alkyl halides is 1. The number of allylic oxidation sites excluding steroid dienone is 4. The van der Waals surface area contributed by atoms with E-state index in [1.54, 1.807) is 0 Å². The second-order valence-corrected chi connectivity index (χ2v) is 13.9. The summed E-state index contributed by atoms with van der Waals surface area (Å²) in [4.78, 5) is 0. The van der Waals surface area contributed by atoms with Crippen molar-refractivity contribution in [3.63, 3.8) is 0 Å². The fourth-order valence-corrected chi connectivity index (χ4v) is 6.57. The molecule has 0 aliphatic heterocycles. The van der Waals surface area contributed by atoms with Gasteiger partial charge in [0.25, 0.3) is 0 Å². The molecule has 0 spiro atoms. The first-order valence-corrected chi connectivity index (χ1v) is 18.5. The molecule has 4 bridgehead atoms. The summed E-state index contributed by atoms with van der Waals surface area (Å²) in [6.07, 6.45) is 8.61. The maximum atomic E-state index is 14.0. The predicted molar refractivity (Wildman–Crippen MR) is 156 cm³/mol. The summed E-state index contributed by atoms with van der Waals surface area (Å²) in [7, 11) is 0. The molecule has 2 aromatic rings. The van der Waals surface area contributed by atoms with Crippen molar-refractivity contribution in [2.75, 3.05) is 0 Å². The molecule has 0 heterocycles. The molecule has 4 heteroatoms. The van der Waals surface area contributed by atoms with E-state index in [0.717, 1.165) is 25.7 Å². The van der Waals surface area contributed by atoms with E-state index in [4.69, 9.17) is 5.73 Å². The fourth-order valence-electron chi connectivity index (χ4n) is 6.57. The van der Waals surface area contributed by atoms with Gasteiger partial charge in [-0.05, 0) is 48.6 Å². The van der Waals surface area contributed by atoms with E-state index >= 15 is 0 Å². The Bertz CT molecular complexity index is 961. The van der Waals surface area contributed by atoms with E-state index in [1.165, 1.54) is 34.3 Å². The van der Waals surface area contributed by atoms with Gasteiger partial charge >= 0.3 is 48.7 Å². The minimum absolute atomic E-state index is 0. The first kappa shape index (κ1) is 32.3. The average Bonchev–Trinajstić information content (AvgIpc) is 3.04. The molecule has 1 N–H and O–H groups in total. The van der Waals surface area contributed by atoms with Gasteiger partial charge in [0.2, 0.25) is 0 Å². The van der Waals surface area contributed by atoms with Crippen molar-refractivity contribution < 1.29 is 26.1 Å². The number of hydrogen-bond donors (Lipinski definition) is 0. The van der Waals surface area contributed by atoms with Crippen molar-refractivity contribution >= 4 is 15.4 Å². The molecule has 3 unspecified atom stereocenters. The van der Waals surface area contributed by atoms with Crippen molar-refractivity contribution in [1.29, 1.82) is 0 Å². The maximum Gasteiger partial charge on any atom is 2.00 e. The second-order valence-electron chi connectivity index (χ2n) is 11.5. The summed E-state index contributed by atoms with van der Waals surface area (Å²) in [5, 5.41) is 0. The first-order valence-electron chi connectivity index (χ1n) is 13.6. The maximum absolute atomic E-state index is 14.0. The SMILES string of the molecule is CC1=[C-]C(C)C(C)=C1C.[CH3][GeH][CH3].[NH-]C12CC3CC(C1)CC(F)(C3)C2.[Ti+2].c1ccc(-c2ccccc2)cc1. The van der Waals surface area contributed by atoms with Crippen LogP contribution in [-0.4, -0.2) is 26.6 Å². The summed E-state index contributed by atoms with van der Waals surface area (Å²) >= 11 is 0.312. The molecule has 5 aliphatic rings. The summed E-state index contributed by atoms with van der Waals surface area (Å²) in [6.45, 7) is 8.67. The molecule has 1 radical (unpaired) electrons. The van der Waals surface area contributed by atoms with Crippen molar-refractivity contribution in [2.24, 2.45) is 17.8 Å². The van der Waals surface area contributed by atoms with E-state index in [-0.39, 0.29) is 27.3 Å². The van der Waals surface area contributed by atoms with Crippen LogP contribution in [0, 0.1) is 23.8 Å². The van der Waals surface area contributed by atoms with Crippen molar-refractivity contribution in [2.45, 2.75) is 88.9 Å². The number of nitrogens with one attached hydrogen (secondary N) is 1. The molecule has 7 rings (SSSR count). The van der Waals surface area contributed by atoms with Gasteiger partial charge in [0.05, 0.1) is 0 Å². The third-order valence-corrected chi connectivity index (χ3v) is 8.11. The zero-order valence-corrected chi connectivity index (χ0v) is 27.7. The van der Waals surface area contributed by atoms with Crippen molar-refractivity contribution in [3.05, 3.63) is 89.2 Å². The van der Waals surface area contributed by atoms with Crippen LogP contribution in [0.2, 0.25) is 11.5 Å². The van der Waals surface area contributed by atoms with Crippen molar-refractivity contribution in [1.82, 2.24) is 0 Å². The van der Waals surface area contributed by atoms with Crippen LogP contribution in [0.15, 0.2) is 77.4 Å². The number of hydrogen-bond acceptors (Lipinski definition) is 0. The van der Waals surface area contributed by atoms with Gasteiger partial charge in [-0.25, -0.2) is 9.96 Å². The van der Waals surface area contributed by atoms with Crippen LogP contribution in [0.4, 0.5) is 4.39 Å². The van der Waals surface area contributed by atoms with Crippen LogP contribution in [0.1, 0.15) is 66.2 Å². The van der Waals surface area contributed by atoms with Crippen molar-refractivity contribution in [3.8, 4) is 11.1 Å². The Morgan fingerprint density at radius 2 is 1.27 bits per heavy atom. The molecular weight excluding hydrogens is 550 g/mol. The van der Waals surface area contributed by atoms with E-state index in [0.29, 0.717) is 39.6 Å². The van der Waals surface area contributed by atoms with Gasteiger partial charge in [-0.15, -0.1) is 12.5 Å². The molecule has 1 nitrogen and oxygen atoms in total. The smallest absolute Gasteiger partial charge is 0.672 e. The van der Waals surface area contributed by atoms with Gasteiger partial charge in [-0.2, -0.15) is 11.1 Å². The first-order chi connectivity index (χ1) is 17.1. The minimum atomic E-state index is -0.925. The quantitative estimate of drug-likeness (QED) is 0.232. The Kier molecular flexibility index (Phi) is 12.6. The molecule has 4 fully saturated rings. The van der Waals surface area contributed by atoms with Crippen LogP contribution in [0.3, 0.4) is 0 Å². The van der Waals surface area contributed by atoms with Gasteiger partial charge < -0.3 is 5.73 Å². The topological polar surface area (TPSA) is 23.8 Å². The van der Waals surface area contributed by atoms with E-state index < -0.39 is 5.67 Å². The van der Waals surface area contributed by atoms with E-state index in [1.807, 2.05) is 12.1 Å². The zero-order chi connectivity index (χ0) is 26.3. The predicted octanol–water partition coefficient (Wildman–Crippen LogP) is 9.69. The largest absolute Gasteiger partial charge is 2.00 e. The molecular formula is C33H45FGeNTi. The Labute approximate surface area is 247 Å². The summed E-state index contributed by atoms with van der Waals surface area (Å²) in [5.74, 6) is 6.22.